The van der Waals surface area contributed by atoms with E-state index in [1.165, 1.54) is 5.56 Å². The molecular weight excluding hydrogens is 478 g/mol. The fraction of sp³-hybridized carbons (Fsp3) is 0.387. The van der Waals surface area contributed by atoms with E-state index in [4.69, 9.17) is 14.2 Å². The number of anilines is 1. The molecule has 0 radical (unpaired) electrons. The van der Waals surface area contributed by atoms with E-state index in [1.54, 1.807) is 12.1 Å². The van der Waals surface area contributed by atoms with Crippen LogP contribution in [0.5, 0.6) is 0 Å². The second kappa shape index (κ2) is 9.24. The van der Waals surface area contributed by atoms with Gasteiger partial charge in [0.15, 0.2) is 0 Å². The first kappa shape index (κ1) is 23.4. The van der Waals surface area contributed by atoms with Gasteiger partial charge in [-0.3, -0.25) is 0 Å². The number of fused-ring (bicyclic) bond motifs is 3. The first-order chi connectivity index (χ1) is 18.5. The van der Waals surface area contributed by atoms with Crippen LogP contribution in [0.3, 0.4) is 0 Å². The number of rotatable bonds is 7. The number of hydrogen-bond acceptors (Lipinski definition) is 6. The van der Waals surface area contributed by atoms with E-state index in [9.17, 15) is 9.90 Å². The number of aryl methyl sites for hydroxylation is 1. The summed E-state index contributed by atoms with van der Waals surface area (Å²) in [6, 6.07) is 18.3. The van der Waals surface area contributed by atoms with Crippen LogP contribution in [0.15, 0.2) is 59.1 Å². The monoisotopic (exact) mass is 509 g/mol. The fourth-order valence-corrected chi connectivity index (χ4v) is 6.41. The minimum Gasteiger partial charge on any atom is -0.478 e. The average molecular weight is 510 g/mol. The number of ether oxygens (including phenoxy) is 1. The molecule has 4 aromatic rings. The molecule has 38 heavy (non-hydrogen) atoms. The third-order valence-electron chi connectivity index (χ3n) is 8.51. The highest BCUT2D eigenvalue weighted by Gasteiger charge is 2.42. The molecule has 2 aromatic heterocycles. The van der Waals surface area contributed by atoms with E-state index in [2.05, 4.69) is 41.2 Å². The molecule has 7 heteroatoms. The number of benzene rings is 2. The van der Waals surface area contributed by atoms with Crippen LogP contribution in [0.4, 0.5) is 5.82 Å². The first-order valence-electron chi connectivity index (χ1n) is 13.6. The number of aromatic carboxylic acids is 1. The summed E-state index contributed by atoms with van der Waals surface area (Å²) in [5, 5.41) is 14.6. The summed E-state index contributed by atoms with van der Waals surface area (Å²) in [7, 11) is 0. The molecule has 7 nitrogen and oxygen atoms in total. The van der Waals surface area contributed by atoms with E-state index in [0.717, 1.165) is 77.8 Å². The van der Waals surface area contributed by atoms with Crippen molar-refractivity contribution in [2.75, 3.05) is 4.90 Å². The average Bonchev–Trinajstić information content (AvgIpc) is 3.63. The maximum atomic E-state index is 11.3. The Balaban J connectivity index is 1.08. The maximum Gasteiger partial charge on any atom is 0.335 e. The van der Waals surface area contributed by atoms with Crippen LogP contribution in [0.2, 0.25) is 0 Å². The van der Waals surface area contributed by atoms with E-state index in [-0.39, 0.29) is 11.7 Å². The molecule has 1 N–H and O–H groups in total. The number of carboxylic acids is 1. The number of nitrogens with zero attached hydrogens (tertiary/aromatic N) is 3. The van der Waals surface area contributed by atoms with Crippen LogP contribution in [-0.2, 0) is 11.3 Å². The molecule has 1 aliphatic carbocycles. The van der Waals surface area contributed by atoms with Gasteiger partial charge in [-0.25, -0.2) is 9.78 Å². The van der Waals surface area contributed by atoms with Gasteiger partial charge in [0.05, 0.1) is 23.8 Å². The van der Waals surface area contributed by atoms with Gasteiger partial charge < -0.3 is 19.3 Å². The summed E-state index contributed by atoms with van der Waals surface area (Å²) < 4.78 is 12.5. The molecular formula is C31H31N3O4. The smallest absolute Gasteiger partial charge is 0.335 e. The second-order valence-corrected chi connectivity index (χ2v) is 11.0. The zero-order valence-electron chi connectivity index (χ0n) is 21.5. The molecule has 2 bridgehead atoms. The summed E-state index contributed by atoms with van der Waals surface area (Å²) in [5.41, 5.74) is 5.47. The van der Waals surface area contributed by atoms with Crippen molar-refractivity contribution in [1.82, 2.24) is 10.1 Å². The number of pyridine rings is 1. The Morgan fingerprint density at radius 1 is 1.05 bits per heavy atom. The molecule has 2 saturated heterocycles. The van der Waals surface area contributed by atoms with Gasteiger partial charge in [0.1, 0.15) is 17.3 Å². The number of aromatic nitrogens is 2. The lowest BCUT2D eigenvalue weighted by Gasteiger charge is -2.39. The Bertz CT molecular complexity index is 1510. The van der Waals surface area contributed by atoms with Crippen LogP contribution >= 0.6 is 0 Å². The zero-order chi connectivity index (χ0) is 25.8. The van der Waals surface area contributed by atoms with Gasteiger partial charge in [-0.2, -0.15) is 0 Å². The van der Waals surface area contributed by atoms with E-state index in [0.29, 0.717) is 24.6 Å². The number of carboxylic acid groups (broad SMARTS) is 1. The second-order valence-electron chi connectivity index (χ2n) is 11.0. The highest BCUT2D eigenvalue weighted by atomic mass is 16.5. The summed E-state index contributed by atoms with van der Waals surface area (Å²) in [6.07, 6.45) is 6.72. The molecule has 0 amide bonds. The maximum absolute atomic E-state index is 11.3. The Morgan fingerprint density at radius 3 is 2.58 bits per heavy atom. The van der Waals surface area contributed by atoms with Crippen LogP contribution < -0.4 is 4.90 Å². The van der Waals surface area contributed by atoms with Gasteiger partial charge >= 0.3 is 5.97 Å². The molecule has 2 aromatic carbocycles. The van der Waals surface area contributed by atoms with Crippen molar-refractivity contribution >= 4 is 22.7 Å². The minimum absolute atomic E-state index is 0.189. The van der Waals surface area contributed by atoms with E-state index < -0.39 is 5.97 Å². The lowest BCUT2D eigenvalue weighted by atomic mass is 9.98. The van der Waals surface area contributed by atoms with Crippen molar-refractivity contribution in [2.45, 2.75) is 76.2 Å². The standard InChI is InChI=1S/C31H31N3O4/c1-18-4-2-3-5-25(18)29-26(30(38-33-29)19-6-7-19)17-37-24-15-22-10-11-23(16-24)34(22)28-13-9-20-14-21(31(35)36)8-12-27(20)32-28/h2-5,8-9,12-14,19,22-24H,6-7,10-11,15-17H2,1H3,(H,35,36)/t22-,23?,24?/m0/s1. The van der Waals surface area contributed by atoms with Crippen LogP contribution in [0.1, 0.15) is 71.7 Å². The summed E-state index contributed by atoms with van der Waals surface area (Å²) in [6.45, 7) is 2.65. The van der Waals surface area contributed by atoms with Gasteiger partial charge in [0, 0.05) is 34.5 Å². The van der Waals surface area contributed by atoms with Gasteiger partial charge in [0.25, 0.3) is 0 Å². The molecule has 2 unspecified atom stereocenters. The highest BCUT2D eigenvalue weighted by molar-refractivity contribution is 5.93. The summed E-state index contributed by atoms with van der Waals surface area (Å²) in [5.74, 6) is 1.54. The SMILES string of the molecule is Cc1ccccc1-c1noc(C2CC2)c1COC1CC2CC[C@@H](C1)N2c1ccc2cc(C(=O)O)ccc2n1. The highest BCUT2D eigenvalue weighted by Crippen LogP contribution is 2.45. The van der Waals surface area contributed by atoms with Gasteiger partial charge in [-0.15, -0.1) is 0 Å². The normalized spacial score (nSPS) is 22.8. The van der Waals surface area contributed by atoms with Gasteiger partial charge in [0.2, 0.25) is 0 Å². The number of hydrogen-bond donors (Lipinski definition) is 1. The van der Waals surface area contributed by atoms with Crippen molar-refractivity contribution in [3.63, 3.8) is 0 Å². The van der Waals surface area contributed by atoms with Crippen LogP contribution in [-0.4, -0.2) is 39.4 Å². The predicted octanol–water partition coefficient (Wildman–Crippen LogP) is 6.49. The largest absolute Gasteiger partial charge is 0.478 e. The number of piperidine rings is 1. The van der Waals surface area contributed by atoms with Gasteiger partial charge in [-0.1, -0.05) is 29.4 Å². The van der Waals surface area contributed by atoms with Crippen molar-refractivity contribution in [3.8, 4) is 11.3 Å². The Morgan fingerprint density at radius 2 is 1.84 bits per heavy atom. The molecule has 4 heterocycles. The Labute approximate surface area is 221 Å². The third-order valence-corrected chi connectivity index (χ3v) is 8.51. The topological polar surface area (TPSA) is 88.7 Å². The molecule has 3 atom stereocenters. The van der Waals surface area contributed by atoms with E-state index >= 15 is 0 Å². The molecule has 194 valence electrons. The summed E-state index contributed by atoms with van der Waals surface area (Å²) in [4.78, 5) is 18.7. The van der Waals surface area contributed by atoms with Crippen LogP contribution in [0, 0.1) is 6.92 Å². The summed E-state index contributed by atoms with van der Waals surface area (Å²) >= 11 is 0. The molecule has 7 rings (SSSR count). The molecule has 3 aliphatic rings. The van der Waals surface area contributed by atoms with E-state index in [1.807, 2.05) is 18.2 Å². The first-order valence-corrected chi connectivity index (χ1v) is 13.6. The third kappa shape index (κ3) is 4.15. The van der Waals surface area contributed by atoms with Crippen LogP contribution in [0.25, 0.3) is 22.2 Å². The lowest BCUT2D eigenvalue weighted by molar-refractivity contribution is 0.0146. The van der Waals surface area contributed by atoms with Crippen molar-refractivity contribution in [3.05, 3.63) is 77.0 Å². The fourth-order valence-electron chi connectivity index (χ4n) is 6.41. The molecule has 1 saturated carbocycles. The van der Waals surface area contributed by atoms with Crippen molar-refractivity contribution in [1.29, 1.82) is 0 Å². The van der Waals surface area contributed by atoms with Gasteiger partial charge in [-0.05, 0) is 81.3 Å². The number of carbonyl (C=O) groups is 1. The molecule has 3 fully saturated rings. The van der Waals surface area contributed by atoms with Crippen molar-refractivity contribution < 1.29 is 19.2 Å². The zero-order valence-corrected chi connectivity index (χ0v) is 21.5. The Hall–Kier alpha value is -3.71. The molecule has 2 aliphatic heterocycles. The lowest BCUT2D eigenvalue weighted by Crippen LogP contribution is -2.46. The molecule has 0 spiro atoms. The van der Waals surface area contributed by atoms with Crippen molar-refractivity contribution in [2.24, 2.45) is 0 Å². The Kier molecular flexibility index (Phi) is 5.69. The quantitative estimate of drug-likeness (QED) is 0.305. The minimum atomic E-state index is -0.919. The predicted molar refractivity (Wildman–Crippen MR) is 144 cm³/mol.